The Morgan fingerprint density at radius 3 is 0.375 bits per heavy atom. The minimum atomic E-state index is 0.839. The molecule has 0 nitrogen and oxygen atoms in total. The van der Waals surface area contributed by atoms with Gasteiger partial charge in [-0.2, -0.15) is 0 Å². The Hall–Kier alpha value is 0. The SMILES string of the molecule is CC(C)C[C@@H](C)C[C@@H](C)C[C@H](C)C[C@@H](C)C[C@@H](C)CC(C)C[C@H](C)C[C@@H](C)C[C@@H](C)C[C@@H](C)C[C@@H](C)CC(C)C. The topological polar surface area (TPSA) is 0 Å². The molecule has 1 unspecified atom stereocenters. The van der Waals surface area contributed by atoms with Gasteiger partial charge in [-0.25, -0.2) is 0 Å². The van der Waals surface area contributed by atoms with Crippen molar-refractivity contribution in [2.75, 3.05) is 0 Å². The Kier molecular flexibility index (Phi) is 21.7. The van der Waals surface area contributed by atoms with Crippen molar-refractivity contribution in [2.24, 2.45) is 76.9 Å². The van der Waals surface area contributed by atoms with E-state index in [4.69, 9.17) is 0 Å². The van der Waals surface area contributed by atoms with Crippen molar-refractivity contribution in [3.8, 4) is 0 Å². The zero-order chi connectivity index (χ0) is 31.0. The van der Waals surface area contributed by atoms with Gasteiger partial charge in [-0.15, -0.1) is 0 Å². The van der Waals surface area contributed by atoms with Crippen molar-refractivity contribution in [2.45, 2.75) is 181 Å². The molecule has 0 heteroatoms. The second-order valence-electron chi connectivity index (χ2n) is 17.8. The lowest BCUT2D eigenvalue weighted by molar-refractivity contribution is 0.245. The van der Waals surface area contributed by atoms with Crippen molar-refractivity contribution < 1.29 is 0 Å². The Balaban J connectivity index is 4.28. The van der Waals surface area contributed by atoms with Crippen LogP contribution in [-0.4, -0.2) is 0 Å². The van der Waals surface area contributed by atoms with Crippen LogP contribution in [0.15, 0.2) is 0 Å². The van der Waals surface area contributed by atoms with Gasteiger partial charge in [-0.1, -0.05) is 104 Å². The zero-order valence-corrected chi connectivity index (χ0v) is 31.0. The Labute approximate surface area is 257 Å². The van der Waals surface area contributed by atoms with Crippen molar-refractivity contribution in [1.82, 2.24) is 0 Å². The number of hydrogen-bond acceptors (Lipinski definition) is 0. The lowest BCUT2D eigenvalue weighted by Crippen LogP contribution is -2.15. The summed E-state index contributed by atoms with van der Waals surface area (Å²) in [6.07, 6.45) is 17.0. The van der Waals surface area contributed by atoms with E-state index in [1.807, 2.05) is 0 Å². The van der Waals surface area contributed by atoms with E-state index in [0.717, 1.165) is 76.9 Å². The van der Waals surface area contributed by atoms with Gasteiger partial charge in [0.15, 0.2) is 0 Å². The maximum atomic E-state index is 2.54. The minimum Gasteiger partial charge on any atom is -0.0628 e. The fraction of sp³-hybridized carbons (Fsp3) is 1.00. The molecular weight excluding hydrogens is 480 g/mol. The normalized spacial score (nSPS) is 20.9. The minimum absolute atomic E-state index is 0.839. The summed E-state index contributed by atoms with van der Waals surface area (Å²) in [5.41, 5.74) is 0. The summed E-state index contributed by atoms with van der Waals surface area (Å²) in [7, 11) is 0. The van der Waals surface area contributed by atoms with Gasteiger partial charge < -0.3 is 0 Å². The van der Waals surface area contributed by atoms with Gasteiger partial charge in [-0.3, -0.25) is 0 Å². The highest BCUT2D eigenvalue weighted by atomic mass is 14.3. The maximum Gasteiger partial charge on any atom is -0.0438 e. The Bertz CT molecular complexity index is 525. The third-order valence-electron chi connectivity index (χ3n) is 9.79. The van der Waals surface area contributed by atoms with Crippen LogP contribution in [0, 0.1) is 76.9 Å². The van der Waals surface area contributed by atoms with Gasteiger partial charge in [0.25, 0.3) is 0 Å². The molecular formula is C40H82. The summed E-state index contributed by atoms with van der Waals surface area (Å²) in [6.45, 7) is 37.1. The molecule has 0 saturated heterocycles. The summed E-state index contributed by atoms with van der Waals surface area (Å²) in [4.78, 5) is 0. The van der Waals surface area contributed by atoms with E-state index in [1.165, 1.54) is 77.0 Å². The van der Waals surface area contributed by atoms with E-state index in [0.29, 0.717) is 0 Å². The first-order chi connectivity index (χ1) is 18.5. The summed E-state index contributed by atoms with van der Waals surface area (Å²) in [5, 5.41) is 0. The lowest BCUT2D eigenvalue weighted by atomic mass is 9.79. The van der Waals surface area contributed by atoms with Crippen molar-refractivity contribution >= 4 is 0 Å². The van der Waals surface area contributed by atoms with Crippen molar-refractivity contribution in [1.29, 1.82) is 0 Å². The first kappa shape index (κ1) is 40.0. The van der Waals surface area contributed by atoms with Gasteiger partial charge in [0.2, 0.25) is 0 Å². The number of hydrogen-bond donors (Lipinski definition) is 0. The second-order valence-corrected chi connectivity index (χ2v) is 17.8. The molecule has 0 bridgehead atoms. The van der Waals surface area contributed by atoms with Gasteiger partial charge in [0.05, 0.1) is 0 Å². The van der Waals surface area contributed by atoms with Crippen LogP contribution < -0.4 is 0 Å². The summed E-state index contributed by atoms with van der Waals surface area (Å²) in [6, 6.07) is 0. The fourth-order valence-electron chi connectivity index (χ4n) is 9.54. The van der Waals surface area contributed by atoms with Crippen molar-refractivity contribution in [3.63, 3.8) is 0 Å². The molecule has 0 fully saturated rings. The molecule has 0 N–H and O–H groups in total. The highest BCUT2D eigenvalue weighted by molar-refractivity contribution is 4.72. The van der Waals surface area contributed by atoms with Crippen LogP contribution in [0.5, 0.6) is 0 Å². The average molecular weight is 563 g/mol. The molecule has 0 rings (SSSR count). The van der Waals surface area contributed by atoms with Crippen LogP contribution in [-0.2, 0) is 0 Å². The molecule has 0 aromatic carbocycles. The van der Waals surface area contributed by atoms with Gasteiger partial charge >= 0.3 is 0 Å². The van der Waals surface area contributed by atoms with Crippen LogP contribution in [0.2, 0.25) is 0 Å². The molecule has 40 heavy (non-hydrogen) atoms. The molecule has 242 valence electrons. The van der Waals surface area contributed by atoms with E-state index in [1.54, 1.807) is 0 Å². The Morgan fingerprint density at radius 2 is 0.275 bits per heavy atom. The van der Waals surface area contributed by atoms with E-state index in [-0.39, 0.29) is 0 Å². The van der Waals surface area contributed by atoms with Crippen LogP contribution in [0.1, 0.15) is 181 Å². The van der Waals surface area contributed by atoms with Crippen molar-refractivity contribution in [3.05, 3.63) is 0 Å². The van der Waals surface area contributed by atoms with Gasteiger partial charge in [-0.05, 0) is 154 Å². The monoisotopic (exact) mass is 563 g/mol. The van der Waals surface area contributed by atoms with Gasteiger partial charge in [0.1, 0.15) is 0 Å². The smallest absolute Gasteiger partial charge is 0.0438 e. The van der Waals surface area contributed by atoms with Crippen LogP contribution in [0.3, 0.4) is 0 Å². The highest BCUT2D eigenvalue weighted by Crippen LogP contribution is 2.33. The standard InChI is InChI=1S/C40H82/c1-28(2)16-30(5)18-32(7)20-34(9)22-36(11)24-38(13)26-40(15)27-39(14)25-37(12)23-35(10)21-33(8)19-31(6)17-29(3)4/h28-40H,16-27H2,1-15H3/t30-,31+,32-,33+,34-,35-,36-,37+,38+,39+,40?/m0/s1. The van der Waals surface area contributed by atoms with Crippen LogP contribution in [0.4, 0.5) is 0 Å². The molecule has 0 aliphatic rings. The van der Waals surface area contributed by atoms with Crippen LogP contribution >= 0.6 is 0 Å². The highest BCUT2D eigenvalue weighted by Gasteiger charge is 2.21. The van der Waals surface area contributed by atoms with Crippen LogP contribution in [0.25, 0.3) is 0 Å². The molecule has 0 spiro atoms. The van der Waals surface area contributed by atoms with E-state index < -0.39 is 0 Å². The average Bonchev–Trinajstić information content (AvgIpc) is 2.70. The quantitative estimate of drug-likeness (QED) is 0.110. The lowest BCUT2D eigenvalue weighted by Gasteiger charge is -2.27. The molecule has 0 aromatic heterocycles. The summed E-state index contributed by atoms with van der Waals surface area (Å²) >= 11 is 0. The largest absolute Gasteiger partial charge is 0.0628 e. The second kappa shape index (κ2) is 21.7. The molecule has 0 radical (unpaired) electrons. The predicted octanol–water partition coefficient (Wildman–Crippen LogP) is 14.0. The van der Waals surface area contributed by atoms with E-state index in [9.17, 15) is 0 Å². The molecule has 0 aliphatic heterocycles. The molecule has 0 heterocycles. The first-order valence-electron chi connectivity index (χ1n) is 18.5. The van der Waals surface area contributed by atoms with E-state index >= 15 is 0 Å². The molecule has 0 aromatic rings. The maximum absolute atomic E-state index is 2.54. The fourth-order valence-corrected chi connectivity index (χ4v) is 9.54. The molecule has 0 aliphatic carbocycles. The third-order valence-corrected chi connectivity index (χ3v) is 9.79. The number of rotatable bonds is 24. The van der Waals surface area contributed by atoms with Gasteiger partial charge in [0, 0.05) is 0 Å². The Morgan fingerprint density at radius 1 is 0.175 bits per heavy atom. The summed E-state index contributed by atoms with van der Waals surface area (Å²) in [5.74, 6) is 11.3. The first-order valence-corrected chi connectivity index (χ1v) is 18.5. The predicted molar refractivity (Wildman–Crippen MR) is 186 cm³/mol. The summed E-state index contributed by atoms with van der Waals surface area (Å²) < 4.78 is 0. The van der Waals surface area contributed by atoms with E-state index in [2.05, 4.69) is 104 Å². The molecule has 0 saturated carbocycles. The molecule has 0 amide bonds. The zero-order valence-electron chi connectivity index (χ0n) is 31.0. The molecule has 11 atom stereocenters. The third kappa shape index (κ3) is 22.6.